The van der Waals surface area contributed by atoms with E-state index >= 15 is 0 Å². The Kier molecular flexibility index (Phi) is 5.05. The predicted octanol–water partition coefficient (Wildman–Crippen LogP) is 3.42. The number of rotatable bonds is 6. The molecular weight excluding hydrogens is 427 g/mol. The topological polar surface area (TPSA) is 80.1 Å². The van der Waals surface area contributed by atoms with E-state index in [1.807, 2.05) is 19.1 Å². The molecule has 1 aromatic heterocycles. The van der Waals surface area contributed by atoms with Gasteiger partial charge in [0, 0.05) is 32.4 Å². The predicted molar refractivity (Wildman–Crippen MR) is 120 cm³/mol. The molecule has 0 aliphatic carbocycles. The van der Waals surface area contributed by atoms with Crippen molar-refractivity contribution in [3.8, 4) is 0 Å². The molecule has 170 valence electrons. The molecule has 3 aromatic rings. The molecule has 0 unspecified atom stereocenters. The van der Waals surface area contributed by atoms with Crippen molar-refractivity contribution in [3.05, 3.63) is 75.4 Å². The summed E-state index contributed by atoms with van der Waals surface area (Å²) >= 11 is 0. The fourth-order valence-corrected chi connectivity index (χ4v) is 5.08. The number of anilines is 1. The third kappa shape index (κ3) is 2.80. The van der Waals surface area contributed by atoms with E-state index in [1.165, 1.54) is 17.0 Å². The molecule has 0 saturated carbocycles. The maximum absolute atomic E-state index is 14.1. The van der Waals surface area contributed by atoms with Crippen molar-refractivity contribution in [1.82, 2.24) is 4.90 Å². The second-order valence-corrected chi connectivity index (χ2v) is 8.26. The number of fused-ring (bicyclic) bond motifs is 5. The summed E-state index contributed by atoms with van der Waals surface area (Å²) in [5.41, 5.74) is -0.968. The highest BCUT2D eigenvalue weighted by Crippen LogP contribution is 2.52. The number of nitrogens with zero attached hydrogens (tertiary/aromatic N) is 2. The van der Waals surface area contributed by atoms with Gasteiger partial charge in [0.2, 0.25) is 5.76 Å². The Hall–Kier alpha value is -3.52. The first kappa shape index (κ1) is 21.3. The second-order valence-electron chi connectivity index (χ2n) is 8.26. The van der Waals surface area contributed by atoms with Crippen LogP contribution in [0.15, 0.2) is 51.7 Å². The fourth-order valence-electron chi connectivity index (χ4n) is 5.08. The van der Waals surface area contributed by atoms with Gasteiger partial charge in [-0.2, -0.15) is 0 Å². The van der Waals surface area contributed by atoms with Crippen LogP contribution in [0, 0.1) is 5.82 Å². The van der Waals surface area contributed by atoms with Crippen molar-refractivity contribution < 1.29 is 23.1 Å². The minimum atomic E-state index is -1.66. The van der Waals surface area contributed by atoms with Gasteiger partial charge in [0.05, 0.1) is 16.6 Å². The highest BCUT2D eigenvalue weighted by molar-refractivity contribution is 6.17. The smallest absolute Gasteiger partial charge is 0.291 e. The number of carbonyl (C=O) groups excluding carboxylic acids is 2. The third-order valence-electron chi connectivity index (χ3n) is 6.38. The summed E-state index contributed by atoms with van der Waals surface area (Å²) in [4.78, 5) is 44.6. The standard InChI is InChI=1S/C25H23FN2O5/c1-3-11-27-18-8-5-4-7-17(18)25(24(27)31)20-21(29)16-14-15(26)9-10-19(16)33-22(20)23(30)28(25)12-6-13-32-2/h4-5,7-10,14H,3,6,11-13H2,1-2H3/t25-/m1/s1. The van der Waals surface area contributed by atoms with E-state index in [4.69, 9.17) is 9.15 Å². The van der Waals surface area contributed by atoms with Gasteiger partial charge >= 0.3 is 0 Å². The maximum atomic E-state index is 14.1. The van der Waals surface area contributed by atoms with Gasteiger partial charge < -0.3 is 19.0 Å². The number of amides is 2. The third-order valence-corrected chi connectivity index (χ3v) is 6.38. The van der Waals surface area contributed by atoms with Crippen LogP contribution >= 0.6 is 0 Å². The van der Waals surface area contributed by atoms with Crippen LogP contribution in [-0.4, -0.2) is 43.5 Å². The summed E-state index contributed by atoms with van der Waals surface area (Å²) in [6.45, 7) is 2.94. The monoisotopic (exact) mass is 450 g/mol. The molecule has 3 heterocycles. The van der Waals surface area contributed by atoms with Gasteiger partial charge in [0.25, 0.3) is 11.8 Å². The van der Waals surface area contributed by atoms with E-state index in [1.54, 1.807) is 24.1 Å². The fraction of sp³-hybridized carbons (Fsp3) is 0.320. The molecule has 2 amide bonds. The highest BCUT2D eigenvalue weighted by atomic mass is 19.1. The zero-order chi connectivity index (χ0) is 23.3. The minimum Gasteiger partial charge on any atom is -0.450 e. The molecular formula is C25H23FN2O5. The second kappa shape index (κ2) is 7.81. The van der Waals surface area contributed by atoms with E-state index in [-0.39, 0.29) is 34.7 Å². The van der Waals surface area contributed by atoms with E-state index in [0.717, 1.165) is 6.07 Å². The van der Waals surface area contributed by atoms with E-state index in [2.05, 4.69) is 0 Å². The average Bonchev–Trinajstić information content (AvgIpc) is 3.20. The van der Waals surface area contributed by atoms with Gasteiger partial charge in [-0.1, -0.05) is 25.1 Å². The zero-order valence-electron chi connectivity index (χ0n) is 18.4. The number of hydrogen-bond acceptors (Lipinski definition) is 5. The lowest BCUT2D eigenvalue weighted by Gasteiger charge is -2.34. The molecule has 7 nitrogen and oxygen atoms in total. The zero-order valence-corrected chi connectivity index (χ0v) is 18.4. The quantitative estimate of drug-likeness (QED) is 0.538. The Labute approximate surface area is 189 Å². The van der Waals surface area contributed by atoms with Gasteiger partial charge in [0.1, 0.15) is 11.4 Å². The highest BCUT2D eigenvalue weighted by Gasteiger charge is 2.64. The Morgan fingerprint density at radius 2 is 1.88 bits per heavy atom. The van der Waals surface area contributed by atoms with E-state index in [0.29, 0.717) is 37.2 Å². The molecule has 0 N–H and O–H groups in total. The van der Waals surface area contributed by atoms with Crippen LogP contribution in [0.25, 0.3) is 11.0 Å². The lowest BCUT2D eigenvalue weighted by Crippen LogP contribution is -2.53. The molecule has 1 atom stereocenters. The SMILES string of the molecule is CCCN1C(=O)[C@@]2(c3ccccc31)c1c(oc3ccc(F)cc3c1=O)C(=O)N2CCCOC. The Balaban J connectivity index is 1.86. The van der Waals surface area contributed by atoms with Crippen LogP contribution in [0.2, 0.25) is 0 Å². The van der Waals surface area contributed by atoms with Crippen molar-refractivity contribution in [2.45, 2.75) is 25.3 Å². The summed E-state index contributed by atoms with van der Waals surface area (Å²) in [6, 6.07) is 10.8. The van der Waals surface area contributed by atoms with Crippen LogP contribution < -0.4 is 10.3 Å². The summed E-state index contributed by atoms with van der Waals surface area (Å²) < 4.78 is 25.1. The summed E-state index contributed by atoms with van der Waals surface area (Å²) in [5, 5.41) is -0.00103. The summed E-state index contributed by atoms with van der Waals surface area (Å²) in [6.07, 6.45) is 1.15. The maximum Gasteiger partial charge on any atom is 0.291 e. The van der Waals surface area contributed by atoms with Gasteiger partial charge in [-0.15, -0.1) is 0 Å². The number of halogens is 1. The molecule has 2 aromatic carbocycles. The van der Waals surface area contributed by atoms with Crippen LogP contribution in [0.1, 0.15) is 41.4 Å². The van der Waals surface area contributed by atoms with Crippen LogP contribution in [0.5, 0.6) is 0 Å². The number of benzene rings is 2. The first-order valence-corrected chi connectivity index (χ1v) is 11.0. The molecule has 33 heavy (non-hydrogen) atoms. The number of para-hydroxylation sites is 1. The molecule has 8 heteroatoms. The van der Waals surface area contributed by atoms with Gasteiger partial charge in [-0.3, -0.25) is 14.4 Å². The molecule has 0 fully saturated rings. The molecule has 2 aliphatic rings. The van der Waals surface area contributed by atoms with Crippen molar-refractivity contribution >= 4 is 28.5 Å². The summed E-state index contributed by atoms with van der Waals surface area (Å²) in [5.74, 6) is -1.68. The Morgan fingerprint density at radius 3 is 2.64 bits per heavy atom. The van der Waals surface area contributed by atoms with Crippen molar-refractivity contribution in [2.75, 3.05) is 31.7 Å². The van der Waals surface area contributed by atoms with Crippen molar-refractivity contribution in [1.29, 1.82) is 0 Å². The van der Waals surface area contributed by atoms with Crippen LogP contribution in [0.4, 0.5) is 10.1 Å². The molecule has 1 spiro atoms. The lowest BCUT2D eigenvalue weighted by molar-refractivity contribution is -0.126. The lowest BCUT2D eigenvalue weighted by atomic mass is 9.84. The van der Waals surface area contributed by atoms with Gasteiger partial charge in [0.15, 0.2) is 11.0 Å². The summed E-state index contributed by atoms with van der Waals surface area (Å²) in [7, 11) is 1.56. The Bertz CT molecular complexity index is 1350. The molecule has 0 bridgehead atoms. The number of carbonyl (C=O) groups is 2. The number of hydrogen-bond donors (Lipinski definition) is 0. The molecule has 0 radical (unpaired) electrons. The van der Waals surface area contributed by atoms with Gasteiger partial charge in [-0.25, -0.2) is 4.39 Å². The minimum absolute atomic E-state index is 0.00103. The first-order valence-electron chi connectivity index (χ1n) is 11.0. The van der Waals surface area contributed by atoms with Crippen LogP contribution in [-0.2, 0) is 15.1 Å². The number of methoxy groups -OCH3 is 1. The molecule has 2 aliphatic heterocycles. The first-order chi connectivity index (χ1) is 16.0. The van der Waals surface area contributed by atoms with Crippen LogP contribution in [0.3, 0.4) is 0 Å². The van der Waals surface area contributed by atoms with Crippen molar-refractivity contribution in [3.63, 3.8) is 0 Å². The number of ether oxygens (including phenoxy) is 1. The molecule has 5 rings (SSSR count). The normalized spacial score (nSPS) is 19.1. The van der Waals surface area contributed by atoms with Gasteiger partial charge in [-0.05, 0) is 37.1 Å². The average molecular weight is 450 g/mol. The van der Waals surface area contributed by atoms with E-state index in [9.17, 15) is 18.8 Å². The largest absolute Gasteiger partial charge is 0.450 e. The molecule has 0 saturated heterocycles. The Morgan fingerprint density at radius 1 is 1.09 bits per heavy atom. The van der Waals surface area contributed by atoms with E-state index < -0.39 is 22.7 Å². The van der Waals surface area contributed by atoms with Crippen molar-refractivity contribution in [2.24, 2.45) is 0 Å².